The standard InChI is InChI=1S/C27H31N5O9/c1-14-7-8-19(18(11-14)31(5)27(36)32-10-9-17-24(28-4)29-13-30-25(17)32)40-21-12-20(38-15(2)33)22(39-16(3)34)23(41-21)26(35)37-6/h7-11,13,20-23H,12H2,1-6H3,(H,28,29,30)/t20-,21-,22+,23+/m1/s1. The van der Waals surface area contributed by atoms with E-state index in [9.17, 15) is 19.2 Å². The first-order chi connectivity index (χ1) is 19.5. The van der Waals surface area contributed by atoms with Gasteiger partial charge in [0.2, 0.25) is 6.29 Å². The normalized spacial score (nSPS) is 20.1. The number of nitrogens with one attached hydrogen (secondary N) is 1. The van der Waals surface area contributed by atoms with E-state index < -0.39 is 48.5 Å². The summed E-state index contributed by atoms with van der Waals surface area (Å²) < 4.78 is 28.9. The second-order valence-electron chi connectivity index (χ2n) is 9.29. The van der Waals surface area contributed by atoms with Crippen molar-refractivity contribution in [1.82, 2.24) is 14.5 Å². The maximum Gasteiger partial charge on any atom is 0.339 e. The molecule has 2 aromatic heterocycles. The van der Waals surface area contributed by atoms with E-state index in [1.54, 1.807) is 44.6 Å². The number of ether oxygens (including phenoxy) is 5. The number of esters is 3. The van der Waals surface area contributed by atoms with E-state index in [-0.39, 0.29) is 12.2 Å². The van der Waals surface area contributed by atoms with Gasteiger partial charge in [-0.3, -0.25) is 19.1 Å². The molecule has 1 aliphatic heterocycles. The van der Waals surface area contributed by atoms with Crippen molar-refractivity contribution in [3.05, 3.63) is 42.4 Å². The number of hydrogen-bond donors (Lipinski definition) is 1. The molecule has 14 heteroatoms. The molecule has 1 fully saturated rings. The Bertz CT molecular complexity index is 1470. The molecule has 0 radical (unpaired) electrons. The molecule has 4 rings (SSSR count). The lowest BCUT2D eigenvalue weighted by atomic mass is 10.0. The van der Waals surface area contributed by atoms with Gasteiger partial charge in [-0.15, -0.1) is 0 Å². The fourth-order valence-corrected chi connectivity index (χ4v) is 4.56. The summed E-state index contributed by atoms with van der Waals surface area (Å²) in [5.74, 6) is -1.38. The van der Waals surface area contributed by atoms with Crippen LogP contribution in [0.1, 0.15) is 25.8 Å². The van der Waals surface area contributed by atoms with E-state index in [0.717, 1.165) is 19.6 Å². The number of carbonyl (C=O) groups is 4. The highest BCUT2D eigenvalue weighted by molar-refractivity contribution is 6.01. The number of hydrogen-bond acceptors (Lipinski definition) is 12. The van der Waals surface area contributed by atoms with Crippen molar-refractivity contribution in [2.24, 2.45) is 0 Å². The molecule has 1 aliphatic rings. The lowest BCUT2D eigenvalue weighted by Crippen LogP contribution is -2.56. The Hall–Kier alpha value is -4.72. The maximum absolute atomic E-state index is 13.6. The Kier molecular flexibility index (Phi) is 8.71. The molecular weight excluding hydrogens is 538 g/mol. The number of aryl methyl sites for hydroxylation is 1. The van der Waals surface area contributed by atoms with Gasteiger partial charge >= 0.3 is 23.9 Å². The van der Waals surface area contributed by atoms with E-state index in [1.807, 2.05) is 6.92 Å². The summed E-state index contributed by atoms with van der Waals surface area (Å²) in [5.41, 5.74) is 1.64. The number of rotatable bonds is 7. The first-order valence-electron chi connectivity index (χ1n) is 12.7. The van der Waals surface area contributed by atoms with Crippen LogP contribution in [0, 0.1) is 6.92 Å². The van der Waals surface area contributed by atoms with Crippen LogP contribution in [0.4, 0.5) is 16.3 Å². The van der Waals surface area contributed by atoms with Gasteiger partial charge in [0, 0.05) is 34.1 Å². The molecule has 0 aliphatic carbocycles. The first kappa shape index (κ1) is 29.3. The Morgan fingerprint density at radius 3 is 2.49 bits per heavy atom. The van der Waals surface area contributed by atoms with Crippen LogP contribution in [0.5, 0.6) is 5.75 Å². The van der Waals surface area contributed by atoms with Gasteiger partial charge in [0.25, 0.3) is 0 Å². The summed E-state index contributed by atoms with van der Waals surface area (Å²) in [5, 5.41) is 3.64. The average molecular weight is 570 g/mol. The van der Waals surface area contributed by atoms with Crippen molar-refractivity contribution in [2.45, 2.75) is 51.8 Å². The highest BCUT2D eigenvalue weighted by Gasteiger charge is 2.48. The van der Waals surface area contributed by atoms with Crippen LogP contribution in [-0.2, 0) is 33.3 Å². The zero-order chi connectivity index (χ0) is 29.8. The molecule has 1 N–H and O–H groups in total. The molecule has 0 saturated carbocycles. The van der Waals surface area contributed by atoms with E-state index in [1.165, 1.54) is 22.7 Å². The van der Waals surface area contributed by atoms with E-state index in [0.29, 0.717) is 22.5 Å². The molecule has 3 aromatic rings. The number of benzene rings is 1. The molecular formula is C27H31N5O9. The van der Waals surface area contributed by atoms with Gasteiger partial charge in [0.15, 0.2) is 17.9 Å². The van der Waals surface area contributed by atoms with Gasteiger partial charge < -0.3 is 29.0 Å². The van der Waals surface area contributed by atoms with Crippen molar-refractivity contribution in [3.63, 3.8) is 0 Å². The molecule has 218 valence electrons. The number of amides is 1. The maximum atomic E-state index is 13.6. The Morgan fingerprint density at radius 1 is 1.10 bits per heavy atom. The minimum Gasteiger partial charge on any atom is -0.467 e. The Labute approximate surface area is 235 Å². The summed E-state index contributed by atoms with van der Waals surface area (Å²) >= 11 is 0. The molecule has 0 bridgehead atoms. The molecule has 1 amide bonds. The van der Waals surface area contributed by atoms with E-state index in [2.05, 4.69) is 15.3 Å². The zero-order valence-corrected chi connectivity index (χ0v) is 23.4. The predicted octanol–water partition coefficient (Wildman–Crippen LogP) is 2.42. The largest absolute Gasteiger partial charge is 0.467 e. The molecule has 0 spiro atoms. The summed E-state index contributed by atoms with van der Waals surface area (Å²) in [4.78, 5) is 59.6. The lowest BCUT2D eigenvalue weighted by Gasteiger charge is -2.39. The fourth-order valence-electron chi connectivity index (χ4n) is 4.56. The topological polar surface area (TPSA) is 160 Å². The van der Waals surface area contributed by atoms with Crippen LogP contribution in [0.3, 0.4) is 0 Å². The average Bonchev–Trinajstić information content (AvgIpc) is 3.37. The van der Waals surface area contributed by atoms with Crippen molar-refractivity contribution in [1.29, 1.82) is 0 Å². The quantitative estimate of drug-likeness (QED) is 0.327. The van der Waals surface area contributed by atoms with Crippen molar-refractivity contribution >= 4 is 46.5 Å². The number of carbonyl (C=O) groups excluding carboxylic acids is 4. The van der Waals surface area contributed by atoms with Gasteiger partial charge in [-0.2, -0.15) is 0 Å². The zero-order valence-electron chi connectivity index (χ0n) is 23.4. The highest BCUT2D eigenvalue weighted by Crippen LogP contribution is 2.34. The van der Waals surface area contributed by atoms with Crippen molar-refractivity contribution < 1.29 is 42.9 Å². The monoisotopic (exact) mass is 569 g/mol. The lowest BCUT2D eigenvalue weighted by molar-refractivity contribution is -0.241. The number of anilines is 2. The Balaban J connectivity index is 1.65. The fraction of sp³-hybridized carbons (Fsp3) is 0.407. The molecule has 1 saturated heterocycles. The number of methoxy groups -OCH3 is 1. The summed E-state index contributed by atoms with van der Waals surface area (Å²) in [6.45, 7) is 4.21. The van der Waals surface area contributed by atoms with Crippen LogP contribution >= 0.6 is 0 Å². The van der Waals surface area contributed by atoms with Gasteiger partial charge in [0.1, 0.15) is 24.0 Å². The minimum absolute atomic E-state index is 0.0814. The van der Waals surface area contributed by atoms with E-state index >= 15 is 0 Å². The van der Waals surface area contributed by atoms with Crippen LogP contribution in [0.25, 0.3) is 11.0 Å². The molecule has 3 heterocycles. The number of nitrogens with zero attached hydrogens (tertiary/aromatic N) is 4. The van der Waals surface area contributed by atoms with Crippen LogP contribution < -0.4 is 15.0 Å². The highest BCUT2D eigenvalue weighted by atomic mass is 16.7. The molecule has 1 aromatic carbocycles. The van der Waals surface area contributed by atoms with E-state index in [4.69, 9.17) is 23.7 Å². The van der Waals surface area contributed by atoms with Gasteiger partial charge in [-0.05, 0) is 30.7 Å². The minimum atomic E-state index is -1.44. The van der Waals surface area contributed by atoms with Crippen molar-refractivity contribution in [3.8, 4) is 5.75 Å². The second kappa shape index (κ2) is 12.2. The smallest absolute Gasteiger partial charge is 0.339 e. The third-order valence-corrected chi connectivity index (χ3v) is 6.39. The summed E-state index contributed by atoms with van der Waals surface area (Å²) in [6.07, 6.45) is -2.02. The van der Waals surface area contributed by atoms with Gasteiger partial charge in [-0.25, -0.2) is 19.6 Å². The number of aromatic nitrogens is 3. The SMILES string of the molecule is CNc1ncnc2c1ccn2C(=O)N(C)c1cc(C)ccc1O[C@H]1C[C@@H](OC(C)=O)[C@H](OC(C)=O)[C@@H](C(=O)OC)O1. The molecule has 41 heavy (non-hydrogen) atoms. The molecule has 0 unspecified atom stereocenters. The van der Waals surface area contributed by atoms with Crippen molar-refractivity contribution in [2.75, 3.05) is 31.4 Å². The Morgan fingerprint density at radius 2 is 1.83 bits per heavy atom. The van der Waals surface area contributed by atoms with Gasteiger partial charge in [-0.1, -0.05) is 6.07 Å². The first-order valence-corrected chi connectivity index (χ1v) is 12.7. The third kappa shape index (κ3) is 6.22. The molecule has 4 atom stereocenters. The number of fused-ring (bicyclic) bond motifs is 1. The summed E-state index contributed by atoms with van der Waals surface area (Å²) in [6, 6.07) is 6.48. The van der Waals surface area contributed by atoms with Crippen LogP contribution in [0.15, 0.2) is 36.8 Å². The van der Waals surface area contributed by atoms with Gasteiger partial charge in [0.05, 0.1) is 24.6 Å². The second-order valence-corrected chi connectivity index (χ2v) is 9.29. The molecule has 14 nitrogen and oxygen atoms in total. The van der Waals surface area contributed by atoms with Crippen LogP contribution in [0.2, 0.25) is 0 Å². The van der Waals surface area contributed by atoms with Crippen LogP contribution in [-0.4, -0.2) is 84.3 Å². The third-order valence-electron chi connectivity index (χ3n) is 6.39. The summed E-state index contributed by atoms with van der Waals surface area (Å²) in [7, 11) is 4.45. The predicted molar refractivity (Wildman–Crippen MR) is 144 cm³/mol.